The van der Waals surface area contributed by atoms with Gasteiger partial charge in [-0.1, -0.05) is 32.9 Å². The number of carbonyl (C=O) groups excluding carboxylic acids is 2. The van der Waals surface area contributed by atoms with E-state index in [1.165, 1.54) is 4.57 Å². The minimum atomic E-state index is -0.519. The Morgan fingerprint density at radius 3 is 2.45 bits per heavy atom. The van der Waals surface area contributed by atoms with Crippen LogP contribution in [0.4, 0.5) is 5.82 Å². The zero-order chi connectivity index (χ0) is 24.2. The molecule has 176 valence electrons. The Kier molecular flexibility index (Phi) is 7.12. The average Bonchev–Trinajstić information content (AvgIpc) is 3.07. The van der Waals surface area contributed by atoms with E-state index in [2.05, 4.69) is 20.3 Å². The van der Waals surface area contributed by atoms with Crippen LogP contribution in [0.25, 0.3) is 11.2 Å². The second-order valence-electron chi connectivity index (χ2n) is 8.46. The van der Waals surface area contributed by atoms with E-state index >= 15 is 0 Å². The Hall–Kier alpha value is -3.73. The first kappa shape index (κ1) is 23.9. The fraction of sp³-hybridized carbons (Fsp3) is 0.409. The fourth-order valence-electron chi connectivity index (χ4n) is 2.89. The Morgan fingerprint density at radius 2 is 1.82 bits per heavy atom. The van der Waals surface area contributed by atoms with Gasteiger partial charge in [-0.25, -0.2) is 0 Å². The summed E-state index contributed by atoms with van der Waals surface area (Å²) in [6.07, 6.45) is 0. The highest BCUT2D eigenvalue weighted by Crippen LogP contribution is 2.25. The van der Waals surface area contributed by atoms with Crippen LogP contribution in [0.5, 0.6) is 12.0 Å². The number of Topliss-reactive ketones (excluding diaryl/α,β-unsaturated/α-hetero) is 1. The second kappa shape index (κ2) is 9.82. The second-order valence-corrected chi connectivity index (χ2v) is 8.46. The number of anilines is 1. The lowest BCUT2D eigenvalue weighted by atomic mass is 9.91. The van der Waals surface area contributed by atoms with E-state index in [0.717, 1.165) is 5.56 Å². The first-order chi connectivity index (χ1) is 15.6. The van der Waals surface area contributed by atoms with Gasteiger partial charge in [-0.15, -0.1) is 0 Å². The molecule has 0 atom stereocenters. The van der Waals surface area contributed by atoms with E-state index in [-0.39, 0.29) is 54.7 Å². The van der Waals surface area contributed by atoms with Gasteiger partial charge >= 0.3 is 6.01 Å². The van der Waals surface area contributed by atoms with Crippen molar-refractivity contribution in [3.63, 3.8) is 0 Å². The minimum absolute atomic E-state index is 0.0328. The standard InChI is InChI=1S/C22H28N6O5/c1-22(2,3)15(29)11-24-19(30)14-7-5-13(6-8-14)12-28-18-16(25-21(28)31)17(23)26-20(27-18)33-10-9-32-4/h5-8H,9-12H2,1-4H3,(H,24,30)(H,25,31)(H2,23,26,27). The molecule has 2 aromatic heterocycles. The average molecular weight is 457 g/mol. The van der Waals surface area contributed by atoms with E-state index in [1.807, 2.05) is 0 Å². The predicted molar refractivity (Wildman–Crippen MR) is 121 cm³/mol. The van der Waals surface area contributed by atoms with Crippen molar-refractivity contribution in [2.24, 2.45) is 5.41 Å². The third kappa shape index (κ3) is 5.75. The molecule has 0 saturated heterocycles. The molecule has 11 nitrogen and oxygen atoms in total. The minimum Gasteiger partial charge on any atom is -0.480 e. The summed E-state index contributed by atoms with van der Waals surface area (Å²) in [5.74, 6) is -0.312. The fourth-order valence-corrected chi connectivity index (χ4v) is 2.89. The van der Waals surface area contributed by atoms with Gasteiger partial charge in [0, 0.05) is 18.1 Å². The molecule has 11 heteroatoms. The quantitative estimate of drug-likeness (QED) is 0.407. The maximum atomic E-state index is 12.3. The molecule has 1 amide bonds. The monoisotopic (exact) mass is 456 g/mol. The number of methoxy groups -OCH3 is 1. The number of ether oxygens (including phenoxy) is 2. The highest BCUT2D eigenvalue weighted by Gasteiger charge is 2.22. The Labute approximate surface area is 190 Å². The highest BCUT2D eigenvalue weighted by molar-refractivity contribution is 5.97. The number of amides is 1. The van der Waals surface area contributed by atoms with Crippen LogP contribution < -0.4 is 15.8 Å². The summed E-state index contributed by atoms with van der Waals surface area (Å²) < 4.78 is 11.8. The zero-order valence-corrected chi connectivity index (χ0v) is 19.1. The van der Waals surface area contributed by atoms with E-state index in [0.29, 0.717) is 17.8 Å². The van der Waals surface area contributed by atoms with Gasteiger partial charge in [-0.3, -0.25) is 14.2 Å². The largest absolute Gasteiger partial charge is 0.480 e. The number of hydrogen-bond acceptors (Lipinski definition) is 9. The molecule has 3 rings (SSSR count). The molecule has 1 aromatic carbocycles. The lowest BCUT2D eigenvalue weighted by molar-refractivity contribution is -0.125. The summed E-state index contributed by atoms with van der Waals surface area (Å²) >= 11 is 0. The van der Waals surface area contributed by atoms with Crippen LogP contribution in [0.2, 0.25) is 0 Å². The molecule has 0 spiro atoms. The van der Waals surface area contributed by atoms with Gasteiger partial charge in [0.05, 0.1) is 19.7 Å². The lowest BCUT2D eigenvalue weighted by Crippen LogP contribution is -2.35. The van der Waals surface area contributed by atoms with Crippen LogP contribution >= 0.6 is 0 Å². The van der Waals surface area contributed by atoms with Crippen LogP contribution in [0.3, 0.4) is 0 Å². The summed E-state index contributed by atoms with van der Waals surface area (Å²) in [5, 5.41) is 13.0. The van der Waals surface area contributed by atoms with Gasteiger partial charge in [0.25, 0.3) is 11.9 Å². The number of rotatable bonds is 9. The Bertz CT molecular complexity index is 1150. The molecule has 0 aliphatic rings. The number of nitrogen functional groups attached to an aromatic ring is 1. The third-order valence-corrected chi connectivity index (χ3v) is 4.90. The van der Waals surface area contributed by atoms with Crippen molar-refractivity contribution in [1.29, 1.82) is 0 Å². The molecular formula is C22H28N6O5. The number of nitrogens with one attached hydrogen (secondary N) is 1. The van der Waals surface area contributed by atoms with Crippen molar-refractivity contribution >= 4 is 28.7 Å². The van der Waals surface area contributed by atoms with Crippen LogP contribution in [-0.2, 0) is 16.1 Å². The highest BCUT2D eigenvalue weighted by atomic mass is 16.5. The van der Waals surface area contributed by atoms with Gasteiger partial charge < -0.3 is 25.6 Å². The summed E-state index contributed by atoms with van der Waals surface area (Å²) in [5.41, 5.74) is 7.20. The van der Waals surface area contributed by atoms with Crippen molar-refractivity contribution in [2.45, 2.75) is 27.3 Å². The Morgan fingerprint density at radius 1 is 1.12 bits per heavy atom. The SMILES string of the molecule is COCCOc1nc(N)c2nc(O)n(Cc3ccc(C(=O)NCC(=O)C(C)(C)C)cc3)c2n1. The maximum absolute atomic E-state index is 12.3. The third-order valence-electron chi connectivity index (χ3n) is 4.90. The maximum Gasteiger partial charge on any atom is 0.320 e. The summed E-state index contributed by atoms with van der Waals surface area (Å²) in [7, 11) is 1.55. The van der Waals surface area contributed by atoms with E-state index in [1.54, 1.807) is 52.1 Å². The number of carbonyl (C=O) groups is 2. The van der Waals surface area contributed by atoms with Gasteiger partial charge in [0.15, 0.2) is 22.8 Å². The van der Waals surface area contributed by atoms with Crippen LogP contribution in [0.1, 0.15) is 36.7 Å². The first-order valence-corrected chi connectivity index (χ1v) is 10.3. The normalized spacial score (nSPS) is 11.5. The zero-order valence-electron chi connectivity index (χ0n) is 19.1. The van der Waals surface area contributed by atoms with Gasteiger partial charge in [-0.05, 0) is 17.7 Å². The molecule has 3 aromatic rings. The number of hydrogen-bond donors (Lipinski definition) is 3. The molecule has 0 radical (unpaired) electrons. The molecule has 0 aliphatic heterocycles. The summed E-state index contributed by atoms with van der Waals surface area (Å²) in [4.78, 5) is 36.8. The van der Waals surface area contributed by atoms with Crippen LogP contribution in [0, 0.1) is 5.41 Å². The number of aromatic hydroxyl groups is 1. The van der Waals surface area contributed by atoms with Crippen LogP contribution in [0.15, 0.2) is 24.3 Å². The topological polar surface area (TPSA) is 154 Å². The van der Waals surface area contributed by atoms with Crippen molar-refractivity contribution in [2.75, 3.05) is 32.6 Å². The van der Waals surface area contributed by atoms with Gasteiger partial charge in [0.1, 0.15) is 6.61 Å². The van der Waals surface area contributed by atoms with Gasteiger partial charge in [0.2, 0.25) is 0 Å². The summed E-state index contributed by atoms with van der Waals surface area (Å²) in [6, 6.07) is 6.55. The van der Waals surface area contributed by atoms with Crippen molar-refractivity contribution in [1.82, 2.24) is 24.8 Å². The smallest absolute Gasteiger partial charge is 0.320 e. The van der Waals surface area contributed by atoms with E-state index in [4.69, 9.17) is 15.2 Å². The predicted octanol–water partition coefficient (Wildman–Crippen LogP) is 1.53. The molecule has 0 bridgehead atoms. The molecule has 2 heterocycles. The number of benzene rings is 1. The van der Waals surface area contributed by atoms with E-state index in [9.17, 15) is 14.7 Å². The number of ketones is 1. The van der Waals surface area contributed by atoms with Crippen molar-refractivity contribution in [3.05, 3.63) is 35.4 Å². The van der Waals surface area contributed by atoms with Crippen molar-refractivity contribution in [3.8, 4) is 12.0 Å². The Balaban J connectivity index is 1.75. The molecule has 4 N–H and O–H groups in total. The number of nitrogens with two attached hydrogens (primary N) is 1. The molecule has 33 heavy (non-hydrogen) atoms. The van der Waals surface area contributed by atoms with Crippen molar-refractivity contribution < 1.29 is 24.2 Å². The number of imidazole rings is 1. The van der Waals surface area contributed by atoms with Crippen LogP contribution in [-0.4, -0.2) is 63.2 Å². The van der Waals surface area contributed by atoms with Gasteiger partial charge in [-0.2, -0.15) is 15.0 Å². The molecule has 0 saturated carbocycles. The van der Waals surface area contributed by atoms with E-state index < -0.39 is 5.41 Å². The summed E-state index contributed by atoms with van der Waals surface area (Å²) in [6.45, 7) is 6.20. The molecular weight excluding hydrogens is 428 g/mol. The number of aromatic nitrogens is 4. The molecule has 0 unspecified atom stereocenters. The number of fused-ring (bicyclic) bond motifs is 1. The number of nitrogens with zero attached hydrogens (tertiary/aromatic N) is 4. The molecule has 0 fully saturated rings. The lowest BCUT2D eigenvalue weighted by Gasteiger charge is -2.16. The molecule has 0 aliphatic carbocycles. The first-order valence-electron chi connectivity index (χ1n) is 10.3.